The predicted molar refractivity (Wildman–Crippen MR) is 53.1 cm³/mol. The van der Waals surface area contributed by atoms with Crippen LogP contribution in [0.4, 0.5) is 0 Å². The van der Waals surface area contributed by atoms with Gasteiger partial charge in [-0.3, -0.25) is 4.79 Å². The summed E-state index contributed by atoms with van der Waals surface area (Å²) >= 11 is 3.32. The van der Waals surface area contributed by atoms with Gasteiger partial charge in [0.05, 0.1) is 0 Å². The standard InChI is InChI=1S/C10H9BrO2/c11-7-4-5-8(12)6-2-1-3-9(13)10(6)7/h4-5,12H,1-3H2. The number of carbonyl (C=O) groups is 1. The van der Waals surface area contributed by atoms with Crippen LogP contribution < -0.4 is 0 Å². The van der Waals surface area contributed by atoms with Crippen molar-refractivity contribution in [3.8, 4) is 5.75 Å². The van der Waals surface area contributed by atoms with Gasteiger partial charge >= 0.3 is 0 Å². The van der Waals surface area contributed by atoms with E-state index in [2.05, 4.69) is 15.9 Å². The molecule has 0 spiro atoms. The second kappa shape index (κ2) is 3.14. The molecule has 68 valence electrons. The highest BCUT2D eigenvalue weighted by Crippen LogP contribution is 2.33. The monoisotopic (exact) mass is 240 g/mol. The van der Waals surface area contributed by atoms with E-state index < -0.39 is 0 Å². The summed E-state index contributed by atoms with van der Waals surface area (Å²) in [5.74, 6) is 0.371. The number of fused-ring (bicyclic) bond motifs is 1. The molecule has 2 rings (SSSR count). The van der Waals surface area contributed by atoms with Gasteiger partial charge in [-0.2, -0.15) is 0 Å². The quantitative estimate of drug-likeness (QED) is 0.758. The molecule has 1 N–H and O–H groups in total. The Morgan fingerprint density at radius 1 is 1.31 bits per heavy atom. The minimum Gasteiger partial charge on any atom is -0.508 e. The molecule has 0 heterocycles. The van der Waals surface area contributed by atoms with Crippen LogP contribution in [0, 0.1) is 0 Å². The maximum absolute atomic E-state index is 11.5. The van der Waals surface area contributed by atoms with Crippen LogP contribution in [0.2, 0.25) is 0 Å². The molecule has 0 radical (unpaired) electrons. The number of phenolic OH excluding ortho intramolecular Hbond substituents is 1. The zero-order valence-electron chi connectivity index (χ0n) is 7.01. The highest BCUT2D eigenvalue weighted by molar-refractivity contribution is 9.10. The number of carbonyl (C=O) groups excluding carboxylic acids is 1. The molecule has 0 amide bonds. The van der Waals surface area contributed by atoms with Crippen LogP contribution in [0.15, 0.2) is 16.6 Å². The molecule has 0 aliphatic heterocycles. The number of Topliss-reactive ketones (excluding diaryl/α,β-unsaturated/α-hetero) is 1. The summed E-state index contributed by atoms with van der Waals surface area (Å²) in [6.07, 6.45) is 2.23. The van der Waals surface area contributed by atoms with Crippen molar-refractivity contribution in [2.45, 2.75) is 19.3 Å². The molecule has 0 bridgehead atoms. The summed E-state index contributed by atoms with van der Waals surface area (Å²) in [5, 5.41) is 9.53. The lowest BCUT2D eigenvalue weighted by Crippen LogP contribution is -2.11. The fourth-order valence-electron chi connectivity index (χ4n) is 1.71. The molecule has 0 aromatic heterocycles. The summed E-state index contributed by atoms with van der Waals surface area (Å²) in [6, 6.07) is 3.35. The smallest absolute Gasteiger partial charge is 0.164 e. The summed E-state index contributed by atoms with van der Waals surface area (Å²) < 4.78 is 0.796. The van der Waals surface area contributed by atoms with Crippen molar-refractivity contribution in [1.29, 1.82) is 0 Å². The third-order valence-electron chi connectivity index (χ3n) is 2.35. The van der Waals surface area contributed by atoms with E-state index in [1.54, 1.807) is 12.1 Å². The van der Waals surface area contributed by atoms with Crippen LogP contribution >= 0.6 is 15.9 Å². The summed E-state index contributed by atoms with van der Waals surface area (Å²) in [5.41, 5.74) is 1.47. The van der Waals surface area contributed by atoms with E-state index in [9.17, 15) is 9.90 Å². The number of hydrogen-bond donors (Lipinski definition) is 1. The lowest BCUT2D eigenvalue weighted by molar-refractivity contribution is 0.0971. The van der Waals surface area contributed by atoms with Gasteiger partial charge in [0.1, 0.15) is 5.75 Å². The molecule has 0 saturated carbocycles. The zero-order chi connectivity index (χ0) is 9.42. The Balaban J connectivity index is 2.67. The number of phenols is 1. The van der Waals surface area contributed by atoms with Crippen LogP contribution in [0.3, 0.4) is 0 Å². The normalized spacial score (nSPS) is 15.6. The van der Waals surface area contributed by atoms with E-state index in [1.165, 1.54) is 0 Å². The number of halogens is 1. The van der Waals surface area contributed by atoms with E-state index >= 15 is 0 Å². The molecule has 0 atom stereocenters. The average Bonchev–Trinajstić information content (AvgIpc) is 2.12. The van der Waals surface area contributed by atoms with Gasteiger partial charge in [0.15, 0.2) is 5.78 Å². The Kier molecular flexibility index (Phi) is 2.12. The molecule has 0 saturated heterocycles. The molecule has 0 fully saturated rings. The number of aromatic hydroxyl groups is 1. The van der Waals surface area contributed by atoms with Crippen molar-refractivity contribution in [1.82, 2.24) is 0 Å². The van der Waals surface area contributed by atoms with E-state index in [1.807, 2.05) is 0 Å². The molecule has 1 aliphatic carbocycles. The van der Waals surface area contributed by atoms with Gasteiger partial charge in [0.2, 0.25) is 0 Å². The molecule has 3 heteroatoms. The predicted octanol–water partition coefficient (Wildman–Crippen LogP) is 2.67. The first kappa shape index (κ1) is 8.75. The van der Waals surface area contributed by atoms with Crippen molar-refractivity contribution < 1.29 is 9.90 Å². The third kappa shape index (κ3) is 1.37. The molecule has 13 heavy (non-hydrogen) atoms. The molecule has 2 nitrogen and oxygen atoms in total. The first-order valence-corrected chi connectivity index (χ1v) is 5.03. The molecule has 0 unspecified atom stereocenters. The average molecular weight is 241 g/mol. The van der Waals surface area contributed by atoms with Gasteiger partial charge in [-0.25, -0.2) is 0 Å². The molecular formula is C10H9BrO2. The number of rotatable bonds is 0. The van der Waals surface area contributed by atoms with E-state index in [0.29, 0.717) is 12.0 Å². The fraction of sp³-hybridized carbons (Fsp3) is 0.300. The fourth-order valence-corrected chi connectivity index (χ4v) is 2.31. The lowest BCUT2D eigenvalue weighted by atomic mass is 9.90. The minimum absolute atomic E-state index is 0.129. The van der Waals surface area contributed by atoms with Crippen molar-refractivity contribution in [3.05, 3.63) is 27.7 Å². The van der Waals surface area contributed by atoms with Gasteiger partial charge in [-0.05, 0) is 25.0 Å². The number of ketones is 1. The Morgan fingerprint density at radius 3 is 2.77 bits per heavy atom. The largest absolute Gasteiger partial charge is 0.508 e. The highest BCUT2D eigenvalue weighted by atomic mass is 79.9. The van der Waals surface area contributed by atoms with E-state index in [-0.39, 0.29) is 11.5 Å². The van der Waals surface area contributed by atoms with Gasteiger partial charge in [0, 0.05) is 22.0 Å². The van der Waals surface area contributed by atoms with Crippen molar-refractivity contribution in [2.75, 3.05) is 0 Å². The first-order valence-electron chi connectivity index (χ1n) is 4.23. The van der Waals surface area contributed by atoms with Crippen molar-refractivity contribution in [2.24, 2.45) is 0 Å². The summed E-state index contributed by atoms with van der Waals surface area (Å²) in [7, 11) is 0. The number of hydrogen-bond acceptors (Lipinski definition) is 2. The Hall–Kier alpha value is -0.830. The van der Waals surface area contributed by atoms with Gasteiger partial charge in [0.25, 0.3) is 0 Å². The first-order chi connectivity index (χ1) is 6.20. The maximum Gasteiger partial charge on any atom is 0.164 e. The molecule has 1 aliphatic rings. The van der Waals surface area contributed by atoms with Crippen molar-refractivity contribution >= 4 is 21.7 Å². The SMILES string of the molecule is O=C1CCCc2c(O)ccc(Br)c21. The third-order valence-corrected chi connectivity index (χ3v) is 3.01. The topological polar surface area (TPSA) is 37.3 Å². The van der Waals surface area contributed by atoms with Crippen LogP contribution in [0.5, 0.6) is 5.75 Å². The van der Waals surface area contributed by atoms with E-state index in [0.717, 1.165) is 22.9 Å². The Bertz CT molecular complexity index is 371. The van der Waals surface area contributed by atoms with Crippen LogP contribution in [-0.2, 0) is 6.42 Å². The van der Waals surface area contributed by atoms with E-state index in [4.69, 9.17) is 0 Å². The molecule has 1 aromatic rings. The van der Waals surface area contributed by atoms with Gasteiger partial charge < -0.3 is 5.11 Å². The van der Waals surface area contributed by atoms with Crippen LogP contribution in [-0.4, -0.2) is 10.9 Å². The minimum atomic E-state index is 0.129. The van der Waals surface area contributed by atoms with Crippen LogP contribution in [0.25, 0.3) is 0 Å². The maximum atomic E-state index is 11.5. The Morgan fingerprint density at radius 2 is 2.08 bits per heavy atom. The molecular weight excluding hydrogens is 232 g/mol. The highest BCUT2D eigenvalue weighted by Gasteiger charge is 2.22. The number of benzene rings is 1. The second-order valence-corrected chi connectivity index (χ2v) is 4.05. The van der Waals surface area contributed by atoms with Gasteiger partial charge in [-0.1, -0.05) is 15.9 Å². The van der Waals surface area contributed by atoms with Crippen LogP contribution in [0.1, 0.15) is 28.8 Å². The second-order valence-electron chi connectivity index (χ2n) is 3.20. The summed E-state index contributed by atoms with van der Waals surface area (Å²) in [4.78, 5) is 11.5. The van der Waals surface area contributed by atoms with Crippen molar-refractivity contribution in [3.63, 3.8) is 0 Å². The summed E-state index contributed by atoms with van der Waals surface area (Å²) in [6.45, 7) is 0. The molecule has 1 aromatic carbocycles. The lowest BCUT2D eigenvalue weighted by Gasteiger charge is -2.16. The van der Waals surface area contributed by atoms with Gasteiger partial charge in [-0.15, -0.1) is 0 Å². The zero-order valence-corrected chi connectivity index (χ0v) is 8.60. The Labute approximate surface area is 84.7 Å².